The minimum Gasteiger partial charge on any atom is -0.445 e. The van der Waals surface area contributed by atoms with Crippen molar-refractivity contribution in [3.05, 3.63) is 132 Å². The van der Waals surface area contributed by atoms with Crippen LogP contribution in [0.1, 0.15) is 38.8 Å². The summed E-state index contributed by atoms with van der Waals surface area (Å²) >= 11 is 2.39. The molecule has 4 atom stereocenters. The van der Waals surface area contributed by atoms with Gasteiger partial charge in [-0.15, -0.1) is 0 Å². The number of rotatable bonds is 18. The molecule has 0 aromatic heterocycles. The number of ether oxygens (including phenoxy) is 2. The summed E-state index contributed by atoms with van der Waals surface area (Å²) in [6, 6.07) is 34.8. The van der Waals surface area contributed by atoms with Gasteiger partial charge in [0, 0.05) is 9.79 Å². The third-order valence-corrected chi connectivity index (χ3v) is 10.5. The first-order chi connectivity index (χ1) is 26.0. The van der Waals surface area contributed by atoms with Crippen molar-refractivity contribution in [1.82, 2.24) is 21.3 Å². The van der Waals surface area contributed by atoms with Crippen molar-refractivity contribution in [2.45, 2.75) is 79.6 Å². The standard InChI is InChI=1S/C41H48N4O7S2/c1-27(2)33(42-40(49)51-25-29-17-9-5-10-18-29)36(47)44-38(53-31-21-13-7-14-22-31)35(46)39(54-32-23-15-8-16-24-32)45-37(48)34(28(3)4)43-41(50)52-26-30-19-11-6-12-20-30/h5-24,27-28,33-35,38-39,46H,25-26H2,1-4H3,(H,42,49)(H,43,50)(H,44,47)(H,45,48)/t33-,34-,35?,38?,39?/m0/s1. The molecular weight excluding hydrogens is 725 g/mol. The molecule has 0 radical (unpaired) electrons. The fourth-order valence-electron chi connectivity index (χ4n) is 5.13. The highest BCUT2D eigenvalue weighted by atomic mass is 32.2. The molecule has 0 heterocycles. The number of hydrogen-bond acceptors (Lipinski definition) is 9. The van der Waals surface area contributed by atoms with E-state index in [0.29, 0.717) is 0 Å². The average molecular weight is 773 g/mol. The Labute approximate surface area is 325 Å². The van der Waals surface area contributed by atoms with E-state index in [-0.39, 0.29) is 25.0 Å². The van der Waals surface area contributed by atoms with Gasteiger partial charge in [0.1, 0.15) is 42.1 Å². The van der Waals surface area contributed by atoms with Crippen molar-refractivity contribution >= 4 is 47.5 Å². The van der Waals surface area contributed by atoms with Gasteiger partial charge in [0.15, 0.2) is 0 Å². The van der Waals surface area contributed by atoms with E-state index in [1.807, 2.05) is 121 Å². The highest BCUT2D eigenvalue weighted by Crippen LogP contribution is 2.31. The van der Waals surface area contributed by atoms with Crippen LogP contribution >= 0.6 is 23.5 Å². The van der Waals surface area contributed by atoms with Crippen molar-refractivity contribution in [3.63, 3.8) is 0 Å². The minimum absolute atomic E-state index is 0.0272. The van der Waals surface area contributed by atoms with E-state index in [2.05, 4.69) is 21.3 Å². The Morgan fingerprint density at radius 2 is 0.833 bits per heavy atom. The molecule has 2 unspecified atom stereocenters. The number of hydrogen-bond donors (Lipinski definition) is 5. The van der Waals surface area contributed by atoms with Crippen molar-refractivity contribution in [2.75, 3.05) is 0 Å². The van der Waals surface area contributed by atoms with Gasteiger partial charge < -0.3 is 35.8 Å². The Bertz CT molecular complexity index is 1620. The first kappa shape index (κ1) is 41.8. The zero-order valence-electron chi connectivity index (χ0n) is 30.7. The molecule has 0 aliphatic rings. The van der Waals surface area contributed by atoms with Gasteiger partial charge in [-0.05, 0) is 47.2 Å². The number of carbonyl (C=O) groups excluding carboxylic acids is 4. The molecule has 11 nitrogen and oxygen atoms in total. The summed E-state index contributed by atoms with van der Waals surface area (Å²) in [6.07, 6.45) is -2.91. The van der Waals surface area contributed by atoms with Crippen LogP contribution in [-0.4, -0.2) is 58.0 Å². The van der Waals surface area contributed by atoms with Crippen LogP contribution in [0.3, 0.4) is 0 Å². The van der Waals surface area contributed by atoms with Crippen molar-refractivity contribution < 1.29 is 33.8 Å². The molecule has 0 bridgehead atoms. The molecule has 13 heteroatoms. The van der Waals surface area contributed by atoms with E-state index in [9.17, 15) is 24.3 Å². The van der Waals surface area contributed by atoms with Crippen LogP contribution in [0.2, 0.25) is 0 Å². The average Bonchev–Trinajstić information content (AvgIpc) is 3.17. The van der Waals surface area contributed by atoms with E-state index in [4.69, 9.17) is 9.47 Å². The fraction of sp³-hybridized carbons (Fsp3) is 0.317. The summed E-state index contributed by atoms with van der Waals surface area (Å²) in [6.45, 7) is 7.20. The topological polar surface area (TPSA) is 155 Å². The van der Waals surface area contributed by atoms with Crippen LogP contribution in [0.25, 0.3) is 0 Å². The molecule has 4 aromatic rings. The maximum Gasteiger partial charge on any atom is 0.408 e. The summed E-state index contributed by atoms with van der Waals surface area (Å²) in [4.78, 5) is 55.0. The van der Waals surface area contributed by atoms with Crippen LogP contribution in [0.5, 0.6) is 0 Å². The normalized spacial score (nSPS) is 13.8. The minimum atomic E-state index is -1.39. The second kappa shape index (κ2) is 21.7. The SMILES string of the molecule is CC(C)[C@H](NC(=O)OCc1ccccc1)C(=O)NC(Sc1ccccc1)C(O)C(NC(=O)[C@@H](NC(=O)OCc1ccccc1)C(C)C)Sc1ccccc1. The van der Waals surface area contributed by atoms with Gasteiger partial charge >= 0.3 is 12.2 Å². The number of nitrogens with one attached hydrogen (secondary N) is 4. The van der Waals surface area contributed by atoms with Crippen LogP contribution in [-0.2, 0) is 32.3 Å². The largest absolute Gasteiger partial charge is 0.445 e. The summed E-state index contributed by atoms with van der Waals surface area (Å²) in [5, 5.41) is 21.3. The molecule has 4 aromatic carbocycles. The van der Waals surface area contributed by atoms with Gasteiger partial charge in [0.2, 0.25) is 11.8 Å². The molecule has 5 N–H and O–H groups in total. The highest BCUT2D eigenvalue weighted by Gasteiger charge is 2.36. The first-order valence-corrected chi connectivity index (χ1v) is 19.4. The summed E-state index contributed by atoms with van der Waals surface area (Å²) in [5.41, 5.74) is 1.59. The Morgan fingerprint density at radius 1 is 0.519 bits per heavy atom. The van der Waals surface area contributed by atoms with E-state index in [1.165, 1.54) is 23.5 Å². The van der Waals surface area contributed by atoms with Gasteiger partial charge in [0.05, 0.1) is 0 Å². The lowest BCUT2D eigenvalue weighted by molar-refractivity contribution is -0.125. The van der Waals surface area contributed by atoms with Gasteiger partial charge in [-0.3, -0.25) is 9.59 Å². The maximum absolute atomic E-state index is 13.9. The number of benzene rings is 4. The number of aliphatic hydroxyl groups excluding tert-OH is 1. The van der Waals surface area contributed by atoms with Gasteiger partial charge in [0.25, 0.3) is 0 Å². The fourth-order valence-corrected chi connectivity index (χ4v) is 7.39. The summed E-state index contributed by atoms with van der Waals surface area (Å²) < 4.78 is 10.8. The second-order valence-corrected chi connectivity index (χ2v) is 15.5. The predicted octanol–water partition coefficient (Wildman–Crippen LogP) is 6.72. The summed E-state index contributed by atoms with van der Waals surface area (Å²) in [7, 11) is 0. The third-order valence-electron chi connectivity index (χ3n) is 8.07. The zero-order chi connectivity index (χ0) is 38.9. The quantitative estimate of drug-likeness (QED) is 0.0548. The lowest BCUT2D eigenvalue weighted by atomic mass is 10.0. The number of aliphatic hydroxyl groups is 1. The van der Waals surface area contributed by atoms with Crippen molar-refractivity contribution in [1.29, 1.82) is 0 Å². The smallest absolute Gasteiger partial charge is 0.408 e. The first-order valence-electron chi connectivity index (χ1n) is 17.7. The molecule has 0 spiro atoms. The van der Waals surface area contributed by atoms with E-state index in [0.717, 1.165) is 20.9 Å². The van der Waals surface area contributed by atoms with Crippen molar-refractivity contribution in [3.8, 4) is 0 Å². The number of carbonyl (C=O) groups is 4. The predicted molar refractivity (Wildman–Crippen MR) is 211 cm³/mol. The molecule has 4 amide bonds. The third kappa shape index (κ3) is 13.8. The molecule has 54 heavy (non-hydrogen) atoms. The number of thioether (sulfide) groups is 2. The van der Waals surface area contributed by atoms with Crippen LogP contribution in [0, 0.1) is 11.8 Å². The molecular formula is C41H48N4O7S2. The van der Waals surface area contributed by atoms with Gasteiger partial charge in [-0.25, -0.2) is 9.59 Å². The molecule has 0 aliphatic heterocycles. The second-order valence-electron chi connectivity index (χ2n) is 13.1. The van der Waals surface area contributed by atoms with Gasteiger partial charge in [-0.2, -0.15) is 0 Å². The Kier molecular flexibility index (Phi) is 16.8. The van der Waals surface area contributed by atoms with E-state index in [1.54, 1.807) is 27.7 Å². The Hall–Kier alpha value is -4.98. The van der Waals surface area contributed by atoms with Crippen LogP contribution in [0.4, 0.5) is 9.59 Å². The number of amides is 4. The Balaban J connectivity index is 1.54. The number of alkyl carbamates (subject to hydrolysis) is 2. The maximum atomic E-state index is 13.9. The van der Waals surface area contributed by atoms with Crippen molar-refractivity contribution in [2.24, 2.45) is 11.8 Å². The zero-order valence-corrected chi connectivity index (χ0v) is 32.3. The van der Waals surface area contributed by atoms with E-state index >= 15 is 0 Å². The molecule has 0 aliphatic carbocycles. The molecule has 0 fully saturated rings. The van der Waals surface area contributed by atoms with Crippen LogP contribution < -0.4 is 21.3 Å². The lowest BCUT2D eigenvalue weighted by Crippen LogP contribution is -2.58. The Morgan fingerprint density at radius 3 is 1.15 bits per heavy atom. The monoisotopic (exact) mass is 772 g/mol. The summed E-state index contributed by atoms with van der Waals surface area (Å²) in [5.74, 6) is -1.79. The molecule has 4 rings (SSSR count). The molecule has 286 valence electrons. The van der Waals surface area contributed by atoms with Crippen LogP contribution in [0.15, 0.2) is 131 Å². The molecule has 0 saturated heterocycles. The van der Waals surface area contributed by atoms with Gasteiger partial charge in [-0.1, -0.05) is 148 Å². The molecule has 0 saturated carbocycles. The van der Waals surface area contributed by atoms with E-state index < -0.39 is 52.9 Å². The lowest BCUT2D eigenvalue weighted by Gasteiger charge is -2.33. The highest BCUT2D eigenvalue weighted by molar-refractivity contribution is 8.01.